The number of rotatable bonds is 10. The SMILES string of the molecule is Cc1ccc2c(c1)c1cc(-c3cc(N(c4ccc(-c5ccccc5)cc4)c4ccc5c(c4)C(C)(C)c4ccccc4-5)cc(N(c4ccc(-c5ccccc5)cc4)c4ccc5c(c4)C(C)(C)c4ccccc4-5)c3)ccc1n2-c1ccccc1. The highest BCUT2D eigenvalue weighted by atomic mass is 15.2. The van der Waals surface area contributed by atoms with Crippen LogP contribution in [0, 0.1) is 6.92 Å². The second-order valence-electron chi connectivity index (χ2n) is 23.5. The molecule has 0 N–H and O–H groups in total. The molecular formula is C79H61N3. The normalized spacial score (nSPS) is 13.4. The van der Waals surface area contributed by atoms with Crippen LogP contribution in [-0.2, 0) is 10.8 Å². The Balaban J connectivity index is 0.994. The fraction of sp³-hybridized carbons (Fsp3) is 0.0886. The number of anilines is 6. The lowest BCUT2D eigenvalue weighted by atomic mass is 9.82. The van der Waals surface area contributed by atoms with Gasteiger partial charge in [0.25, 0.3) is 0 Å². The van der Waals surface area contributed by atoms with Gasteiger partial charge in [0.05, 0.1) is 11.0 Å². The van der Waals surface area contributed by atoms with E-state index in [0.717, 1.165) is 50.9 Å². The van der Waals surface area contributed by atoms with Crippen LogP contribution in [0.15, 0.2) is 279 Å². The van der Waals surface area contributed by atoms with Gasteiger partial charge in [-0.15, -0.1) is 0 Å². The summed E-state index contributed by atoms with van der Waals surface area (Å²) in [6.07, 6.45) is 0. The minimum atomic E-state index is -0.200. The topological polar surface area (TPSA) is 11.4 Å². The molecule has 1 aromatic heterocycles. The minimum Gasteiger partial charge on any atom is -0.310 e. The van der Waals surface area contributed by atoms with Gasteiger partial charge in [0.15, 0.2) is 0 Å². The first-order valence-electron chi connectivity index (χ1n) is 28.7. The Kier molecular flexibility index (Phi) is 11.4. The Labute approximate surface area is 481 Å². The molecule has 82 heavy (non-hydrogen) atoms. The first-order valence-corrected chi connectivity index (χ1v) is 28.7. The van der Waals surface area contributed by atoms with Crippen LogP contribution in [0.4, 0.5) is 34.1 Å². The molecule has 0 atom stereocenters. The number of benzene rings is 12. The molecule has 1 heterocycles. The van der Waals surface area contributed by atoms with E-state index in [1.54, 1.807) is 0 Å². The van der Waals surface area contributed by atoms with Crippen LogP contribution in [-0.4, -0.2) is 4.57 Å². The molecule has 0 radical (unpaired) electrons. The van der Waals surface area contributed by atoms with Crippen LogP contribution in [0.25, 0.3) is 83.1 Å². The zero-order valence-electron chi connectivity index (χ0n) is 46.9. The predicted molar refractivity (Wildman–Crippen MR) is 346 cm³/mol. The van der Waals surface area contributed by atoms with Crippen molar-refractivity contribution in [3.63, 3.8) is 0 Å². The summed E-state index contributed by atoms with van der Waals surface area (Å²) in [6.45, 7) is 11.7. The molecular weight excluding hydrogens is 991 g/mol. The molecule has 3 nitrogen and oxygen atoms in total. The van der Waals surface area contributed by atoms with Crippen LogP contribution in [0.2, 0.25) is 0 Å². The fourth-order valence-corrected chi connectivity index (χ4v) is 13.6. The molecule has 0 fully saturated rings. The van der Waals surface area contributed by atoms with E-state index < -0.39 is 0 Å². The van der Waals surface area contributed by atoms with Gasteiger partial charge >= 0.3 is 0 Å². The third kappa shape index (κ3) is 8.02. The van der Waals surface area contributed by atoms with E-state index >= 15 is 0 Å². The van der Waals surface area contributed by atoms with Crippen LogP contribution in [0.3, 0.4) is 0 Å². The second-order valence-corrected chi connectivity index (χ2v) is 23.5. The highest BCUT2D eigenvalue weighted by Gasteiger charge is 2.37. The lowest BCUT2D eigenvalue weighted by Gasteiger charge is -2.32. The minimum absolute atomic E-state index is 0.200. The number of hydrogen-bond acceptors (Lipinski definition) is 2. The average molecular weight is 1050 g/mol. The molecule has 2 aliphatic rings. The number of aryl methyl sites for hydroxylation is 1. The van der Waals surface area contributed by atoms with Crippen LogP contribution in [0.5, 0.6) is 0 Å². The largest absolute Gasteiger partial charge is 0.310 e. The molecule has 13 aromatic rings. The van der Waals surface area contributed by atoms with Gasteiger partial charge < -0.3 is 14.4 Å². The van der Waals surface area contributed by atoms with E-state index in [-0.39, 0.29) is 10.8 Å². The summed E-state index contributed by atoms with van der Waals surface area (Å²) in [5, 5.41) is 2.45. The van der Waals surface area contributed by atoms with Crippen molar-refractivity contribution in [2.45, 2.75) is 45.4 Å². The maximum absolute atomic E-state index is 2.49. The fourth-order valence-electron chi connectivity index (χ4n) is 13.6. The summed E-state index contributed by atoms with van der Waals surface area (Å²) < 4.78 is 2.42. The first-order chi connectivity index (χ1) is 40.1. The predicted octanol–water partition coefficient (Wildman–Crippen LogP) is 21.6. The Bertz CT molecular complexity index is 4390. The van der Waals surface area contributed by atoms with Gasteiger partial charge in [0, 0.05) is 61.4 Å². The molecule has 3 heteroatoms. The zero-order chi connectivity index (χ0) is 55.3. The molecule has 0 saturated carbocycles. The van der Waals surface area contributed by atoms with Crippen molar-refractivity contribution in [1.29, 1.82) is 0 Å². The van der Waals surface area contributed by atoms with Crippen LogP contribution >= 0.6 is 0 Å². The van der Waals surface area contributed by atoms with E-state index in [1.165, 1.54) is 94.1 Å². The number of fused-ring (bicyclic) bond motifs is 9. The Morgan fingerprint density at radius 2 is 0.659 bits per heavy atom. The van der Waals surface area contributed by atoms with Gasteiger partial charge in [0.1, 0.15) is 0 Å². The quantitative estimate of drug-likeness (QED) is 0.135. The van der Waals surface area contributed by atoms with Crippen molar-refractivity contribution in [1.82, 2.24) is 4.57 Å². The molecule has 0 unspecified atom stereocenters. The zero-order valence-corrected chi connectivity index (χ0v) is 46.9. The number of hydrogen-bond donors (Lipinski definition) is 0. The maximum Gasteiger partial charge on any atom is 0.0541 e. The Morgan fingerprint density at radius 1 is 0.268 bits per heavy atom. The van der Waals surface area contributed by atoms with E-state index in [9.17, 15) is 0 Å². The van der Waals surface area contributed by atoms with Gasteiger partial charge in [-0.3, -0.25) is 0 Å². The molecule has 0 aliphatic heterocycles. The molecule has 0 amide bonds. The van der Waals surface area contributed by atoms with Crippen molar-refractivity contribution < 1.29 is 0 Å². The van der Waals surface area contributed by atoms with Gasteiger partial charge in [-0.1, -0.05) is 209 Å². The van der Waals surface area contributed by atoms with Crippen LogP contribution < -0.4 is 9.80 Å². The van der Waals surface area contributed by atoms with E-state index in [2.05, 4.69) is 328 Å². The summed E-state index contributed by atoms with van der Waals surface area (Å²) >= 11 is 0. The van der Waals surface area contributed by atoms with Gasteiger partial charge in [0.2, 0.25) is 0 Å². The first kappa shape index (κ1) is 49.1. The summed E-state index contributed by atoms with van der Waals surface area (Å²) in [7, 11) is 0. The average Bonchev–Trinajstić information content (AvgIpc) is 4.24. The lowest BCUT2D eigenvalue weighted by Crippen LogP contribution is -2.17. The number of para-hydroxylation sites is 1. The summed E-state index contributed by atoms with van der Waals surface area (Å²) in [5.41, 5.74) is 28.4. The highest BCUT2D eigenvalue weighted by Crippen LogP contribution is 2.54. The maximum atomic E-state index is 2.49. The Hall–Kier alpha value is -9.96. The van der Waals surface area contributed by atoms with Gasteiger partial charge in [-0.25, -0.2) is 0 Å². The second kappa shape index (κ2) is 19.1. The van der Waals surface area contributed by atoms with Crippen molar-refractivity contribution in [3.05, 3.63) is 307 Å². The lowest BCUT2D eigenvalue weighted by molar-refractivity contribution is 0.660. The highest BCUT2D eigenvalue weighted by molar-refractivity contribution is 6.11. The molecule has 12 aromatic carbocycles. The Morgan fingerprint density at radius 3 is 1.16 bits per heavy atom. The molecule has 15 rings (SSSR count). The third-order valence-electron chi connectivity index (χ3n) is 17.8. The monoisotopic (exact) mass is 1050 g/mol. The standard InChI is InChI=1S/C79H61N3/c1-52-29-43-76-70(45-52)71-48-57(34-44-77(71)82(76)59-23-13-8-14-24-59)58-46-64(80(60-35-30-55(31-36-60)53-19-9-6-10-20-53)62-39-41-68-66-25-15-17-27-72(66)78(2,3)74(68)50-62)49-65(47-58)81(61-37-32-56(33-38-61)54-21-11-7-12-22-54)63-40-42-69-67-26-16-18-28-73(67)79(4,5)75(69)51-63/h6-51H,1-5H3. The van der Waals surface area contributed by atoms with Crippen molar-refractivity contribution >= 4 is 55.9 Å². The molecule has 392 valence electrons. The third-order valence-corrected chi connectivity index (χ3v) is 17.8. The molecule has 0 saturated heterocycles. The van der Waals surface area contributed by atoms with E-state index in [4.69, 9.17) is 0 Å². The smallest absolute Gasteiger partial charge is 0.0541 e. The van der Waals surface area contributed by atoms with Crippen LogP contribution in [0.1, 0.15) is 55.5 Å². The van der Waals surface area contributed by atoms with Crippen molar-refractivity contribution in [2.24, 2.45) is 0 Å². The summed E-state index contributed by atoms with van der Waals surface area (Å²) in [6, 6.07) is 104. The van der Waals surface area contributed by atoms with Crippen molar-refractivity contribution in [3.8, 4) is 61.3 Å². The van der Waals surface area contributed by atoms with Gasteiger partial charge in [-0.2, -0.15) is 0 Å². The summed E-state index contributed by atoms with van der Waals surface area (Å²) in [4.78, 5) is 4.98. The number of aromatic nitrogens is 1. The summed E-state index contributed by atoms with van der Waals surface area (Å²) in [5.74, 6) is 0. The molecule has 2 aliphatic carbocycles. The van der Waals surface area contributed by atoms with E-state index in [1.807, 2.05) is 0 Å². The number of nitrogens with zero attached hydrogens (tertiary/aromatic N) is 3. The van der Waals surface area contributed by atoms with Crippen molar-refractivity contribution in [2.75, 3.05) is 9.80 Å². The van der Waals surface area contributed by atoms with E-state index in [0.29, 0.717) is 0 Å². The molecule has 0 spiro atoms. The van der Waals surface area contributed by atoms with Gasteiger partial charge in [-0.05, 0) is 188 Å². The molecule has 0 bridgehead atoms.